The molecular formula is C17H29N3O4. The van der Waals surface area contributed by atoms with Gasteiger partial charge in [-0.15, -0.1) is 0 Å². The van der Waals surface area contributed by atoms with Gasteiger partial charge in [0.15, 0.2) is 0 Å². The number of nitrogens with zero attached hydrogens (tertiary/aromatic N) is 1. The van der Waals surface area contributed by atoms with E-state index in [1.165, 1.54) is 6.42 Å². The molecule has 7 heteroatoms. The number of carboxylic acids is 1. The Morgan fingerprint density at radius 3 is 2.46 bits per heavy atom. The number of hydrogen-bond donors (Lipinski definition) is 3. The highest BCUT2D eigenvalue weighted by Crippen LogP contribution is 2.57. The molecule has 0 aromatic rings. The van der Waals surface area contributed by atoms with Crippen LogP contribution in [0.1, 0.15) is 45.4 Å². The van der Waals surface area contributed by atoms with Gasteiger partial charge < -0.3 is 20.5 Å². The third kappa shape index (κ3) is 3.11. The summed E-state index contributed by atoms with van der Waals surface area (Å²) in [6, 6.07) is 0.543. The summed E-state index contributed by atoms with van der Waals surface area (Å²) in [6.45, 7) is 2.76. The van der Waals surface area contributed by atoms with E-state index in [-0.39, 0.29) is 36.1 Å². The van der Waals surface area contributed by atoms with Crippen molar-refractivity contribution in [1.82, 2.24) is 15.5 Å². The van der Waals surface area contributed by atoms with E-state index < -0.39 is 5.97 Å². The maximum absolute atomic E-state index is 12.2. The fourth-order valence-electron chi connectivity index (χ4n) is 4.60. The smallest absolute Gasteiger partial charge is 0.317 e. The molecule has 2 unspecified atom stereocenters. The number of carbonyl (C=O) groups is 2. The molecule has 3 fully saturated rings. The molecule has 3 N–H and O–H groups in total. The van der Waals surface area contributed by atoms with Gasteiger partial charge in [-0.2, -0.15) is 0 Å². The second-order valence-electron chi connectivity index (χ2n) is 7.50. The van der Waals surface area contributed by atoms with E-state index >= 15 is 0 Å². The van der Waals surface area contributed by atoms with Crippen LogP contribution in [0, 0.1) is 5.41 Å². The number of rotatable bonds is 7. The van der Waals surface area contributed by atoms with Crippen molar-refractivity contribution < 1.29 is 19.4 Å². The fraction of sp³-hybridized carbons (Fsp3) is 0.882. The number of methoxy groups -OCH3 is 1. The van der Waals surface area contributed by atoms with Crippen molar-refractivity contribution in [3.63, 3.8) is 0 Å². The predicted octanol–water partition coefficient (Wildman–Crippen LogP) is 1.18. The van der Waals surface area contributed by atoms with Crippen molar-refractivity contribution in [2.45, 2.75) is 69.7 Å². The molecule has 2 amide bonds. The molecule has 24 heavy (non-hydrogen) atoms. The summed E-state index contributed by atoms with van der Waals surface area (Å²) in [5, 5.41) is 15.1. The van der Waals surface area contributed by atoms with Crippen LogP contribution in [0.5, 0.6) is 0 Å². The van der Waals surface area contributed by atoms with Crippen LogP contribution in [0.2, 0.25) is 0 Å². The van der Waals surface area contributed by atoms with Gasteiger partial charge in [0.05, 0.1) is 12.6 Å². The number of aliphatic carboxylic acids is 1. The number of likely N-dealkylation sites (N-methyl/N-ethyl adjacent to an activating group) is 1. The molecule has 7 nitrogen and oxygen atoms in total. The molecule has 0 saturated heterocycles. The number of hydrogen-bond acceptors (Lipinski definition) is 4. The van der Waals surface area contributed by atoms with Gasteiger partial charge in [-0.3, -0.25) is 9.69 Å². The Bertz CT molecular complexity index is 488. The van der Waals surface area contributed by atoms with Crippen LogP contribution in [0.4, 0.5) is 4.79 Å². The Morgan fingerprint density at radius 2 is 1.96 bits per heavy atom. The third-order valence-corrected chi connectivity index (χ3v) is 6.37. The summed E-state index contributed by atoms with van der Waals surface area (Å²) >= 11 is 0. The van der Waals surface area contributed by atoms with Crippen LogP contribution in [0.25, 0.3) is 0 Å². The molecule has 3 aliphatic rings. The van der Waals surface area contributed by atoms with E-state index in [9.17, 15) is 9.59 Å². The number of carboxylic acid groups (broad SMARTS) is 1. The van der Waals surface area contributed by atoms with Gasteiger partial charge in [0, 0.05) is 30.7 Å². The molecule has 3 rings (SSSR count). The highest BCUT2D eigenvalue weighted by atomic mass is 16.5. The van der Waals surface area contributed by atoms with Crippen LogP contribution in [-0.4, -0.2) is 66.4 Å². The predicted molar refractivity (Wildman–Crippen MR) is 88.8 cm³/mol. The summed E-state index contributed by atoms with van der Waals surface area (Å²) < 4.78 is 5.53. The van der Waals surface area contributed by atoms with E-state index in [2.05, 4.69) is 10.6 Å². The maximum Gasteiger partial charge on any atom is 0.317 e. The summed E-state index contributed by atoms with van der Waals surface area (Å²) in [4.78, 5) is 25.0. The normalized spacial score (nSPS) is 33.3. The number of carbonyl (C=O) groups excluding carboxylic acids is 1. The Kier molecular flexibility index (Phi) is 5.01. The lowest BCUT2D eigenvalue weighted by Gasteiger charge is -2.60. The number of ether oxygens (including phenoxy) is 1. The second kappa shape index (κ2) is 6.88. The van der Waals surface area contributed by atoms with Gasteiger partial charge in [-0.05, 0) is 38.6 Å². The molecule has 3 saturated carbocycles. The maximum atomic E-state index is 12.2. The standard InChI is InChI=1S/C17H29N3O4/c1-3-20(10-15(21)22)12-7-11(8-12)18-16(23)19-13-9-14(24-2)17(13)5-4-6-17/h11-14H,3-10H2,1-2H3,(H,21,22)(H2,18,19,23). The number of nitrogens with one attached hydrogen (secondary N) is 2. The van der Waals surface area contributed by atoms with Crippen molar-refractivity contribution in [2.24, 2.45) is 5.41 Å². The molecule has 136 valence electrons. The molecule has 0 aliphatic heterocycles. The SMILES string of the molecule is CCN(CC(=O)O)C1CC(NC(=O)NC2CC(OC)C23CCC3)C1. The zero-order valence-electron chi connectivity index (χ0n) is 14.6. The van der Waals surface area contributed by atoms with Crippen molar-refractivity contribution in [3.8, 4) is 0 Å². The molecule has 0 heterocycles. The molecule has 1 spiro atoms. The fourth-order valence-corrected chi connectivity index (χ4v) is 4.60. The summed E-state index contributed by atoms with van der Waals surface area (Å²) in [5.74, 6) is -0.797. The first kappa shape index (κ1) is 17.5. The van der Waals surface area contributed by atoms with Crippen LogP contribution in [0.3, 0.4) is 0 Å². The molecule has 3 aliphatic carbocycles. The molecule has 0 bridgehead atoms. The van der Waals surface area contributed by atoms with Crippen LogP contribution < -0.4 is 10.6 Å². The van der Waals surface area contributed by atoms with Crippen molar-refractivity contribution in [1.29, 1.82) is 0 Å². The third-order valence-electron chi connectivity index (χ3n) is 6.37. The lowest BCUT2D eigenvalue weighted by molar-refractivity contribution is -0.158. The molecule has 0 aromatic carbocycles. The molecular weight excluding hydrogens is 310 g/mol. The van der Waals surface area contributed by atoms with E-state index in [4.69, 9.17) is 9.84 Å². The first-order chi connectivity index (χ1) is 11.5. The second-order valence-corrected chi connectivity index (χ2v) is 7.50. The minimum Gasteiger partial charge on any atom is -0.480 e. The number of urea groups is 1. The first-order valence-electron chi connectivity index (χ1n) is 9.04. The average Bonchev–Trinajstić information content (AvgIpc) is 2.42. The molecule has 0 radical (unpaired) electrons. The lowest BCUT2D eigenvalue weighted by Crippen LogP contribution is -2.69. The van der Waals surface area contributed by atoms with E-state index in [0.717, 1.165) is 38.6 Å². The van der Waals surface area contributed by atoms with Gasteiger partial charge in [0.25, 0.3) is 0 Å². The zero-order chi connectivity index (χ0) is 17.3. The van der Waals surface area contributed by atoms with Crippen molar-refractivity contribution in [2.75, 3.05) is 20.2 Å². The Morgan fingerprint density at radius 1 is 1.25 bits per heavy atom. The van der Waals surface area contributed by atoms with Gasteiger partial charge in [-0.1, -0.05) is 13.3 Å². The van der Waals surface area contributed by atoms with E-state index in [1.54, 1.807) is 7.11 Å². The molecule has 2 atom stereocenters. The van der Waals surface area contributed by atoms with Gasteiger partial charge >= 0.3 is 12.0 Å². The lowest BCUT2D eigenvalue weighted by atomic mass is 9.51. The summed E-state index contributed by atoms with van der Waals surface area (Å²) in [6.07, 6.45) is 6.35. The largest absolute Gasteiger partial charge is 0.480 e. The van der Waals surface area contributed by atoms with Crippen molar-refractivity contribution >= 4 is 12.0 Å². The first-order valence-corrected chi connectivity index (χ1v) is 9.04. The Labute approximate surface area is 143 Å². The van der Waals surface area contributed by atoms with E-state index in [1.807, 2.05) is 11.8 Å². The van der Waals surface area contributed by atoms with Gasteiger partial charge in [0.1, 0.15) is 0 Å². The van der Waals surface area contributed by atoms with Gasteiger partial charge in [0.2, 0.25) is 0 Å². The highest BCUT2D eigenvalue weighted by molar-refractivity contribution is 5.75. The van der Waals surface area contributed by atoms with Crippen molar-refractivity contribution in [3.05, 3.63) is 0 Å². The quantitative estimate of drug-likeness (QED) is 0.648. The zero-order valence-corrected chi connectivity index (χ0v) is 14.6. The number of amides is 2. The summed E-state index contributed by atoms with van der Waals surface area (Å²) in [7, 11) is 1.76. The minimum atomic E-state index is -0.797. The van der Waals surface area contributed by atoms with Gasteiger partial charge in [-0.25, -0.2) is 4.79 Å². The van der Waals surface area contributed by atoms with Crippen LogP contribution in [-0.2, 0) is 9.53 Å². The minimum absolute atomic E-state index is 0.0725. The van der Waals surface area contributed by atoms with E-state index in [0.29, 0.717) is 6.10 Å². The monoisotopic (exact) mass is 339 g/mol. The molecule has 0 aromatic heterocycles. The van der Waals surface area contributed by atoms with Crippen LogP contribution >= 0.6 is 0 Å². The average molecular weight is 339 g/mol. The van der Waals surface area contributed by atoms with Crippen LogP contribution in [0.15, 0.2) is 0 Å². The topological polar surface area (TPSA) is 90.9 Å². The Balaban J connectivity index is 1.39. The highest BCUT2D eigenvalue weighted by Gasteiger charge is 2.59. The summed E-state index contributed by atoms with van der Waals surface area (Å²) in [5.41, 5.74) is 0.175. The Hall–Kier alpha value is -1.34.